The van der Waals surface area contributed by atoms with E-state index in [1.807, 2.05) is 36.8 Å². The number of furan rings is 1. The van der Waals surface area contributed by atoms with Crippen molar-refractivity contribution >= 4 is 11.6 Å². The van der Waals surface area contributed by atoms with E-state index in [4.69, 9.17) is 16.0 Å². The van der Waals surface area contributed by atoms with Crippen LogP contribution in [0.4, 0.5) is 0 Å². The molecule has 0 amide bonds. The molecule has 0 fully saturated rings. The number of hydrogen-bond donors (Lipinski definition) is 0. The Hall–Kier alpha value is -1.21. The van der Waals surface area contributed by atoms with Crippen LogP contribution in [0.2, 0.25) is 5.02 Å². The van der Waals surface area contributed by atoms with Crippen molar-refractivity contribution in [1.29, 1.82) is 0 Å². The van der Waals surface area contributed by atoms with Gasteiger partial charge >= 0.3 is 0 Å². The Balaban J connectivity index is 2.15. The molecule has 2 aromatic rings. The third kappa shape index (κ3) is 3.13. The van der Waals surface area contributed by atoms with E-state index >= 15 is 0 Å². The van der Waals surface area contributed by atoms with Crippen LogP contribution in [0.3, 0.4) is 0 Å². The molecule has 0 saturated carbocycles. The minimum absolute atomic E-state index is 0.768. The number of aryl methyl sites for hydroxylation is 1. The predicted octanol–water partition coefficient (Wildman–Crippen LogP) is 5.33. The molecule has 0 atom stereocenters. The lowest BCUT2D eigenvalue weighted by Gasteiger charge is -2.03. The second kappa shape index (κ2) is 5.92. The first-order valence-corrected chi connectivity index (χ1v) is 6.50. The van der Waals surface area contributed by atoms with Crippen molar-refractivity contribution in [1.82, 2.24) is 0 Å². The molecule has 2 rings (SSSR count). The molecule has 0 spiro atoms. The molecule has 0 bridgehead atoms. The number of unbranched alkanes of at least 4 members (excludes halogenated alkanes) is 2. The largest absolute Gasteiger partial charge is 0.472 e. The Morgan fingerprint density at radius 3 is 2.53 bits per heavy atom. The van der Waals surface area contributed by atoms with Gasteiger partial charge in [0.25, 0.3) is 0 Å². The Morgan fingerprint density at radius 1 is 1.06 bits per heavy atom. The zero-order valence-electron chi connectivity index (χ0n) is 10.1. The molecule has 0 saturated heterocycles. The monoisotopic (exact) mass is 248 g/mol. The summed E-state index contributed by atoms with van der Waals surface area (Å²) >= 11 is 5.89. The topological polar surface area (TPSA) is 13.1 Å². The number of hydrogen-bond acceptors (Lipinski definition) is 1. The maximum Gasteiger partial charge on any atom is 0.0983 e. The van der Waals surface area contributed by atoms with Gasteiger partial charge in [0.2, 0.25) is 0 Å². The third-order valence-corrected chi connectivity index (χ3v) is 3.20. The highest BCUT2D eigenvalue weighted by atomic mass is 35.5. The molecule has 1 nitrogen and oxygen atoms in total. The third-order valence-electron chi connectivity index (χ3n) is 2.95. The Bertz CT molecular complexity index is 456. The average Bonchev–Trinajstić information content (AvgIpc) is 2.79. The quantitative estimate of drug-likeness (QED) is 0.652. The summed E-state index contributed by atoms with van der Waals surface area (Å²) in [5.74, 6) is 0. The molecule has 0 N–H and O–H groups in total. The van der Waals surface area contributed by atoms with Gasteiger partial charge in [0.1, 0.15) is 0 Å². The van der Waals surface area contributed by atoms with E-state index in [1.54, 1.807) is 0 Å². The van der Waals surface area contributed by atoms with Crippen molar-refractivity contribution in [3.63, 3.8) is 0 Å². The summed E-state index contributed by atoms with van der Waals surface area (Å²) in [5, 5.41) is 0.768. The fourth-order valence-electron chi connectivity index (χ4n) is 1.97. The molecular formula is C15H17ClO. The maximum atomic E-state index is 5.89. The summed E-state index contributed by atoms with van der Waals surface area (Å²) in [7, 11) is 0. The van der Waals surface area contributed by atoms with Crippen LogP contribution in [-0.2, 0) is 6.42 Å². The zero-order chi connectivity index (χ0) is 12.1. The lowest BCUT2D eigenvalue weighted by molar-refractivity contribution is 0.562. The Labute approximate surface area is 107 Å². The van der Waals surface area contributed by atoms with Gasteiger partial charge in [0.15, 0.2) is 0 Å². The number of rotatable bonds is 5. The van der Waals surface area contributed by atoms with Gasteiger partial charge in [-0.05, 0) is 36.1 Å². The molecule has 2 heteroatoms. The Morgan fingerprint density at radius 2 is 1.82 bits per heavy atom. The van der Waals surface area contributed by atoms with Gasteiger partial charge in [-0.3, -0.25) is 0 Å². The molecule has 0 unspecified atom stereocenters. The molecule has 17 heavy (non-hydrogen) atoms. The van der Waals surface area contributed by atoms with E-state index in [2.05, 4.69) is 6.92 Å². The first-order chi connectivity index (χ1) is 8.31. The van der Waals surface area contributed by atoms with E-state index in [-0.39, 0.29) is 0 Å². The number of benzene rings is 1. The van der Waals surface area contributed by atoms with E-state index in [0.717, 1.165) is 11.4 Å². The van der Waals surface area contributed by atoms with Crippen LogP contribution < -0.4 is 0 Å². The van der Waals surface area contributed by atoms with Crippen molar-refractivity contribution in [2.24, 2.45) is 0 Å². The standard InChI is InChI=1S/C15H17ClO/c1-2-3-4-5-13-10-17-11-15(13)12-6-8-14(16)9-7-12/h6-11H,2-5H2,1H3. The smallest absolute Gasteiger partial charge is 0.0983 e. The summed E-state index contributed by atoms with van der Waals surface area (Å²) in [6, 6.07) is 7.91. The first kappa shape index (κ1) is 12.3. The molecule has 0 aliphatic rings. The van der Waals surface area contributed by atoms with Gasteiger partial charge in [-0.2, -0.15) is 0 Å². The minimum Gasteiger partial charge on any atom is -0.472 e. The fraction of sp³-hybridized carbons (Fsp3) is 0.333. The van der Waals surface area contributed by atoms with Crippen LogP contribution in [-0.4, -0.2) is 0 Å². The van der Waals surface area contributed by atoms with Gasteiger partial charge in [0.05, 0.1) is 12.5 Å². The number of halogens is 1. The lowest BCUT2D eigenvalue weighted by atomic mass is 10.0. The molecule has 1 heterocycles. The van der Waals surface area contributed by atoms with Crippen LogP contribution in [0.25, 0.3) is 11.1 Å². The normalized spacial score (nSPS) is 10.7. The van der Waals surface area contributed by atoms with Crippen LogP contribution in [0.15, 0.2) is 41.2 Å². The second-order valence-corrected chi connectivity index (χ2v) is 4.71. The Kier molecular flexibility index (Phi) is 4.27. The lowest BCUT2D eigenvalue weighted by Crippen LogP contribution is -1.86. The van der Waals surface area contributed by atoms with Crippen LogP contribution >= 0.6 is 11.6 Å². The van der Waals surface area contributed by atoms with Gasteiger partial charge in [-0.1, -0.05) is 43.5 Å². The van der Waals surface area contributed by atoms with Crippen molar-refractivity contribution in [3.05, 3.63) is 47.4 Å². The summed E-state index contributed by atoms with van der Waals surface area (Å²) in [6.07, 6.45) is 8.50. The van der Waals surface area contributed by atoms with E-state index in [0.29, 0.717) is 0 Å². The minimum atomic E-state index is 0.768. The fourth-order valence-corrected chi connectivity index (χ4v) is 2.09. The van der Waals surface area contributed by atoms with E-state index in [1.165, 1.54) is 36.0 Å². The molecule has 0 radical (unpaired) electrons. The highest BCUT2D eigenvalue weighted by Crippen LogP contribution is 2.27. The van der Waals surface area contributed by atoms with Crippen molar-refractivity contribution in [3.8, 4) is 11.1 Å². The molecule has 90 valence electrons. The average molecular weight is 249 g/mol. The van der Waals surface area contributed by atoms with Gasteiger partial charge in [0, 0.05) is 10.6 Å². The molecular weight excluding hydrogens is 232 g/mol. The highest BCUT2D eigenvalue weighted by molar-refractivity contribution is 6.30. The van der Waals surface area contributed by atoms with Crippen molar-refractivity contribution in [2.75, 3.05) is 0 Å². The van der Waals surface area contributed by atoms with E-state index < -0.39 is 0 Å². The van der Waals surface area contributed by atoms with Crippen LogP contribution in [0.5, 0.6) is 0 Å². The van der Waals surface area contributed by atoms with Gasteiger partial charge in [-0.15, -0.1) is 0 Å². The van der Waals surface area contributed by atoms with E-state index in [9.17, 15) is 0 Å². The van der Waals surface area contributed by atoms with Crippen molar-refractivity contribution in [2.45, 2.75) is 32.6 Å². The van der Waals surface area contributed by atoms with Crippen LogP contribution in [0, 0.1) is 0 Å². The molecule has 0 aliphatic carbocycles. The van der Waals surface area contributed by atoms with Gasteiger partial charge in [-0.25, -0.2) is 0 Å². The molecule has 0 aliphatic heterocycles. The summed E-state index contributed by atoms with van der Waals surface area (Å²) in [4.78, 5) is 0. The molecule has 1 aromatic carbocycles. The summed E-state index contributed by atoms with van der Waals surface area (Å²) in [6.45, 7) is 2.22. The van der Waals surface area contributed by atoms with Crippen LogP contribution in [0.1, 0.15) is 31.7 Å². The highest BCUT2D eigenvalue weighted by Gasteiger charge is 2.07. The predicted molar refractivity (Wildman–Crippen MR) is 72.4 cm³/mol. The maximum absolute atomic E-state index is 5.89. The van der Waals surface area contributed by atoms with Crippen molar-refractivity contribution < 1.29 is 4.42 Å². The zero-order valence-corrected chi connectivity index (χ0v) is 10.8. The second-order valence-electron chi connectivity index (χ2n) is 4.27. The first-order valence-electron chi connectivity index (χ1n) is 6.12. The van der Waals surface area contributed by atoms with Gasteiger partial charge < -0.3 is 4.42 Å². The summed E-state index contributed by atoms with van der Waals surface area (Å²) < 4.78 is 5.33. The molecule has 1 aromatic heterocycles. The summed E-state index contributed by atoms with van der Waals surface area (Å²) in [5.41, 5.74) is 3.66. The SMILES string of the molecule is CCCCCc1cocc1-c1ccc(Cl)cc1.